The minimum Gasteiger partial charge on any atom is -0.390 e. The molecule has 0 spiro atoms. The largest absolute Gasteiger partial charge is 0.390 e. The lowest BCUT2D eigenvalue weighted by atomic mass is 9.87. The Labute approximate surface area is 119 Å². The van der Waals surface area contributed by atoms with Crippen molar-refractivity contribution in [3.63, 3.8) is 0 Å². The van der Waals surface area contributed by atoms with Crippen LogP contribution in [-0.4, -0.2) is 10.7 Å². The standard InChI is InChI=1S/C16H22ClFO/c1-2-12-5-4-9-16(19,10-8-12)11-13-6-3-7-14(18)15(13)17/h3,6-7,12,19H,2,4-5,8-11H2,1H3. The van der Waals surface area contributed by atoms with Crippen LogP contribution in [0.15, 0.2) is 18.2 Å². The summed E-state index contributed by atoms with van der Waals surface area (Å²) in [5, 5.41) is 10.9. The van der Waals surface area contributed by atoms with E-state index in [4.69, 9.17) is 11.6 Å². The van der Waals surface area contributed by atoms with E-state index in [9.17, 15) is 9.50 Å². The molecule has 0 amide bonds. The van der Waals surface area contributed by atoms with Crippen molar-refractivity contribution in [2.24, 2.45) is 5.92 Å². The van der Waals surface area contributed by atoms with Crippen LogP contribution in [0.25, 0.3) is 0 Å². The molecule has 2 unspecified atom stereocenters. The summed E-state index contributed by atoms with van der Waals surface area (Å²) in [6, 6.07) is 4.83. The fraction of sp³-hybridized carbons (Fsp3) is 0.625. The average molecular weight is 285 g/mol. The summed E-state index contributed by atoms with van der Waals surface area (Å²) in [6.07, 6.45) is 6.50. The lowest BCUT2D eigenvalue weighted by Crippen LogP contribution is -2.31. The Hall–Kier alpha value is -0.600. The van der Waals surface area contributed by atoms with E-state index in [2.05, 4.69) is 6.92 Å². The molecular formula is C16H22ClFO. The van der Waals surface area contributed by atoms with Crippen LogP contribution in [0.5, 0.6) is 0 Å². The Kier molecular flexibility index (Phi) is 4.86. The highest BCUT2D eigenvalue weighted by Crippen LogP contribution is 2.35. The summed E-state index contributed by atoms with van der Waals surface area (Å²) in [7, 11) is 0. The fourth-order valence-electron chi connectivity index (χ4n) is 3.09. The van der Waals surface area contributed by atoms with Crippen LogP contribution in [-0.2, 0) is 6.42 Å². The van der Waals surface area contributed by atoms with Gasteiger partial charge in [-0.05, 0) is 36.8 Å². The molecule has 2 atom stereocenters. The number of aliphatic hydroxyl groups is 1. The number of halogens is 2. The van der Waals surface area contributed by atoms with Gasteiger partial charge in [0.05, 0.1) is 10.6 Å². The van der Waals surface area contributed by atoms with Crippen molar-refractivity contribution in [1.82, 2.24) is 0 Å². The van der Waals surface area contributed by atoms with E-state index in [-0.39, 0.29) is 5.02 Å². The molecule has 0 aromatic heterocycles. The zero-order valence-electron chi connectivity index (χ0n) is 11.5. The van der Waals surface area contributed by atoms with E-state index in [1.165, 1.54) is 18.9 Å². The van der Waals surface area contributed by atoms with Crippen molar-refractivity contribution >= 4 is 11.6 Å². The van der Waals surface area contributed by atoms with E-state index >= 15 is 0 Å². The molecular weight excluding hydrogens is 263 g/mol. The van der Waals surface area contributed by atoms with Gasteiger partial charge < -0.3 is 5.11 Å². The highest BCUT2D eigenvalue weighted by molar-refractivity contribution is 6.31. The van der Waals surface area contributed by atoms with Crippen molar-refractivity contribution in [2.45, 2.75) is 57.5 Å². The van der Waals surface area contributed by atoms with Crippen LogP contribution in [0.2, 0.25) is 5.02 Å². The van der Waals surface area contributed by atoms with Crippen LogP contribution in [0, 0.1) is 11.7 Å². The van der Waals surface area contributed by atoms with Crippen molar-refractivity contribution in [3.8, 4) is 0 Å². The first kappa shape index (κ1) is 14.8. The Morgan fingerprint density at radius 3 is 2.89 bits per heavy atom. The second-order valence-corrected chi connectivity index (χ2v) is 6.20. The van der Waals surface area contributed by atoms with Gasteiger partial charge in [-0.2, -0.15) is 0 Å². The van der Waals surface area contributed by atoms with Gasteiger partial charge in [-0.1, -0.05) is 49.9 Å². The smallest absolute Gasteiger partial charge is 0.142 e. The minimum atomic E-state index is -0.721. The minimum absolute atomic E-state index is 0.159. The van der Waals surface area contributed by atoms with Gasteiger partial charge in [0, 0.05) is 6.42 Å². The maximum absolute atomic E-state index is 13.4. The van der Waals surface area contributed by atoms with Crippen molar-refractivity contribution in [1.29, 1.82) is 0 Å². The zero-order valence-corrected chi connectivity index (χ0v) is 12.2. The van der Waals surface area contributed by atoms with Gasteiger partial charge in [-0.15, -0.1) is 0 Å². The van der Waals surface area contributed by atoms with Crippen LogP contribution < -0.4 is 0 Å². The van der Waals surface area contributed by atoms with Crippen molar-refractivity contribution in [2.75, 3.05) is 0 Å². The zero-order chi connectivity index (χ0) is 13.9. The molecule has 1 aromatic rings. The van der Waals surface area contributed by atoms with Crippen LogP contribution >= 0.6 is 11.6 Å². The third kappa shape index (κ3) is 3.70. The molecule has 1 aliphatic rings. The lowest BCUT2D eigenvalue weighted by molar-refractivity contribution is 0.0241. The molecule has 1 fully saturated rings. The van der Waals surface area contributed by atoms with Gasteiger partial charge in [0.1, 0.15) is 5.82 Å². The predicted molar refractivity (Wildman–Crippen MR) is 76.9 cm³/mol. The quantitative estimate of drug-likeness (QED) is 0.795. The maximum atomic E-state index is 13.4. The SMILES string of the molecule is CCC1CCCC(O)(Cc2cccc(F)c2Cl)CC1. The fourth-order valence-corrected chi connectivity index (χ4v) is 3.28. The number of hydrogen-bond donors (Lipinski definition) is 1. The molecule has 2 rings (SSSR count). The van der Waals surface area contributed by atoms with Gasteiger partial charge >= 0.3 is 0 Å². The molecule has 106 valence electrons. The highest BCUT2D eigenvalue weighted by atomic mass is 35.5. The normalized spacial score (nSPS) is 28.1. The summed E-state index contributed by atoms with van der Waals surface area (Å²) in [5.74, 6) is 0.319. The Bertz CT molecular complexity index is 435. The number of rotatable bonds is 3. The van der Waals surface area contributed by atoms with E-state index in [0.717, 1.165) is 37.2 Å². The van der Waals surface area contributed by atoms with E-state index in [1.807, 2.05) is 6.07 Å². The lowest BCUT2D eigenvalue weighted by Gasteiger charge is -2.27. The van der Waals surface area contributed by atoms with Gasteiger partial charge in [0.2, 0.25) is 0 Å². The molecule has 0 heterocycles. The van der Waals surface area contributed by atoms with Crippen molar-refractivity contribution < 1.29 is 9.50 Å². The highest BCUT2D eigenvalue weighted by Gasteiger charge is 2.31. The molecule has 1 N–H and O–H groups in total. The second-order valence-electron chi connectivity index (χ2n) is 5.82. The number of hydrogen-bond acceptors (Lipinski definition) is 1. The van der Waals surface area contributed by atoms with Crippen LogP contribution in [0.1, 0.15) is 51.0 Å². The third-order valence-corrected chi connectivity index (χ3v) is 4.82. The average Bonchev–Trinajstić information content (AvgIpc) is 2.57. The molecule has 0 radical (unpaired) electrons. The summed E-state index contributed by atoms with van der Waals surface area (Å²) in [4.78, 5) is 0. The third-order valence-electron chi connectivity index (χ3n) is 4.40. The van der Waals surface area contributed by atoms with Gasteiger partial charge in [-0.25, -0.2) is 4.39 Å². The van der Waals surface area contributed by atoms with E-state index < -0.39 is 11.4 Å². The molecule has 1 aliphatic carbocycles. The second kappa shape index (κ2) is 6.23. The van der Waals surface area contributed by atoms with Crippen LogP contribution in [0.3, 0.4) is 0 Å². The molecule has 1 aromatic carbocycles. The molecule has 0 aliphatic heterocycles. The molecule has 1 nitrogen and oxygen atoms in total. The Balaban J connectivity index is 2.10. The van der Waals surface area contributed by atoms with E-state index in [1.54, 1.807) is 6.07 Å². The summed E-state index contributed by atoms with van der Waals surface area (Å²) < 4.78 is 13.4. The predicted octanol–water partition coefficient (Wildman–Crippen LogP) is 4.74. The van der Waals surface area contributed by atoms with Gasteiger partial charge in [0.15, 0.2) is 0 Å². The maximum Gasteiger partial charge on any atom is 0.142 e. The van der Waals surface area contributed by atoms with Gasteiger partial charge in [-0.3, -0.25) is 0 Å². The number of benzene rings is 1. The first-order valence-corrected chi connectivity index (χ1v) is 7.57. The van der Waals surface area contributed by atoms with Gasteiger partial charge in [0.25, 0.3) is 0 Å². The topological polar surface area (TPSA) is 20.2 Å². The van der Waals surface area contributed by atoms with E-state index in [0.29, 0.717) is 6.42 Å². The summed E-state index contributed by atoms with van der Waals surface area (Å²) in [6.45, 7) is 2.21. The molecule has 0 saturated heterocycles. The summed E-state index contributed by atoms with van der Waals surface area (Å²) in [5.41, 5.74) is 0.000523. The monoisotopic (exact) mass is 284 g/mol. The molecule has 3 heteroatoms. The first-order chi connectivity index (χ1) is 9.04. The molecule has 0 bridgehead atoms. The van der Waals surface area contributed by atoms with Crippen molar-refractivity contribution in [3.05, 3.63) is 34.6 Å². The molecule has 1 saturated carbocycles. The Morgan fingerprint density at radius 1 is 1.37 bits per heavy atom. The summed E-state index contributed by atoms with van der Waals surface area (Å²) >= 11 is 5.99. The molecule has 19 heavy (non-hydrogen) atoms. The Morgan fingerprint density at radius 2 is 2.16 bits per heavy atom. The van der Waals surface area contributed by atoms with Crippen LogP contribution in [0.4, 0.5) is 4.39 Å². The first-order valence-electron chi connectivity index (χ1n) is 7.19.